The molecule has 0 saturated heterocycles. The van der Waals surface area contributed by atoms with Gasteiger partial charge in [-0.25, -0.2) is 0 Å². The van der Waals surface area contributed by atoms with Gasteiger partial charge in [0.1, 0.15) is 0 Å². The second-order valence-electron chi connectivity index (χ2n) is 3.05. The average molecular weight is 192 g/mol. The summed E-state index contributed by atoms with van der Waals surface area (Å²) in [6.07, 6.45) is 1.91. The van der Waals surface area contributed by atoms with E-state index in [0.29, 0.717) is 18.7 Å². The smallest absolute Gasteiger partial charge is 0.211 e. The highest BCUT2D eigenvalue weighted by Crippen LogP contribution is 2.02. The molecule has 0 bridgehead atoms. The van der Waals surface area contributed by atoms with Gasteiger partial charge in [-0.3, -0.25) is 9.69 Å². The van der Waals surface area contributed by atoms with E-state index in [1.54, 1.807) is 24.1 Å². The molecule has 1 aromatic heterocycles. The van der Waals surface area contributed by atoms with Gasteiger partial charge in [-0.05, 0) is 19.2 Å². The lowest BCUT2D eigenvalue weighted by atomic mass is 10.3. The molecule has 0 aromatic carbocycles. The van der Waals surface area contributed by atoms with Crippen LogP contribution in [0, 0.1) is 11.3 Å². The van der Waals surface area contributed by atoms with E-state index in [-0.39, 0.29) is 12.3 Å². The molecular weight excluding hydrogens is 180 g/mol. The number of likely N-dealkylation sites (N-methyl/N-ethyl adjacent to an activating group) is 1. The third kappa shape index (κ3) is 3.04. The molecule has 1 aromatic rings. The summed E-state index contributed by atoms with van der Waals surface area (Å²) >= 11 is 0. The summed E-state index contributed by atoms with van der Waals surface area (Å²) in [7, 11) is 1.80. The van der Waals surface area contributed by atoms with Crippen molar-refractivity contribution < 1.29 is 9.21 Å². The Balaban J connectivity index is 2.38. The largest absolute Gasteiger partial charge is 0.461 e. The summed E-state index contributed by atoms with van der Waals surface area (Å²) < 4.78 is 4.96. The third-order valence-electron chi connectivity index (χ3n) is 1.81. The fourth-order valence-corrected chi connectivity index (χ4v) is 1.08. The van der Waals surface area contributed by atoms with Crippen LogP contribution in [-0.2, 0) is 0 Å². The Morgan fingerprint density at radius 3 is 3.07 bits per heavy atom. The van der Waals surface area contributed by atoms with Gasteiger partial charge in [0.05, 0.1) is 18.9 Å². The van der Waals surface area contributed by atoms with Crippen LogP contribution < -0.4 is 0 Å². The maximum Gasteiger partial charge on any atom is 0.211 e. The van der Waals surface area contributed by atoms with E-state index in [1.165, 1.54) is 6.26 Å². The Hall–Kier alpha value is -1.60. The van der Waals surface area contributed by atoms with Gasteiger partial charge < -0.3 is 4.42 Å². The molecule has 0 amide bonds. The van der Waals surface area contributed by atoms with Gasteiger partial charge >= 0.3 is 0 Å². The van der Waals surface area contributed by atoms with E-state index >= 15 is 0 Å². The van der Waals surface area contributed by atoms with E-state index in [1.807, 2.05) is 6.07 Å². The van der Waals surface area contributed by atoms with Crippen molar-refractivity contribution in [3.05, 3.63) is 24.2 Å². The minimum Gasteiger partial charge on any atom is -0.461 e. The van der Waals surface area contributed by atoms with E-state index in [0.717, 1.165) is 0 Å². The van der Waals surface area contributed by atoms with Crippen molar-refractivity contribution in [3.8, 4) is 6.07 Å². The minimum atomic E-state index is -0.0598. The lowest BCUT2D eigenvalue weighted by molar-refractivity contribution is 0.0920. The Labute approximate surface area is 82.7 Å². The van der Waals surface area contributed by atoms with Crippen molar-refractivity contribution >= 4 is 5.78 Å². The first kappa shape index (κ1) is 10.5. The molecule has 0 atom stereocenters. The van der Waals surface area contributed by atoms with Gasteiger partial charge in [0, 0.05) is 13.0 Å². The molecule has 0 saturated carbocycles. The Morgan fingerprint density at radius 2 is 2.50 bits per heavy atom. The zero-order valence-electron chi connectivity index (χ0n) is 8.06. The number of ketones is 1. The van der Waals surface area contributed by atoms with Crippen LogP contribution >= 0.6 is 0 Å². The van der Waals surface area contributed by atoms with Gasteiger partial charge in [0.25, 0.3) is 0 Å². The van der Waals surface area contributed by atoms with Crippen molar-refractivity contribution in [1.29, 1.82) is 5.26 Å². The zero-order valence-corrected chi connectivity index (χ0v) is 8.06. The summed E-state index contributed by atoms with van der Waals surface area (Å²) in [6, 6.07) is 5.35. The van der Waals surface area contributed by atoms with Crippen LogP contribution in [-0.4, -0.2) is 30.8 Å². The summed E-state index contributed by atoms with van der Waals surface area (Å²) in [4.78, 5) is 13.3. The second kappa shape index (κ2) is 5.20. The van der Waals surface area contributed by atoms with Gasteiger partial charge in [-0.15, -0.1) is 0 Å². The highest BCUT2D eigenvalue weighted by Gasteiger charge is 2.10. The van der Waals surface area contributed by atoms with Crippen LogP contribution in [0.15, 0.2) is 22.8 Å². The summed E-state index contributed by atoms with van der Waals surface area (Å²) in [5.74, 6) is 0.309. The molecule has 14 heavy (non-hydrogen) atoms. The first-order valence-corrected chi connectivity index (χ1v) is 4.36. The molecule has 0 unspecified atom stereocenters. The molecule has 1 heterocycles. The molecule has 0 radical (unpaired) electrons. The Morgan fingerprint density at radius 1 is 1.71 bits per heavy atom. The van der Waals surface area contributed by atoms with Crippen molar-refractivity contribution in [2.45, 2.75) is 6.42 Å². The van der Waals surface area contributed by atoms with Crippen molar-refractivity contribution in [2.24, 2.45) is 0 Å². The van der Waals surface area contributed by atoms with Crippen molar-refractivity contribution in [3.63, 3.8) is 0 Å². The quantitative estimate of drug-likeness (QED) is 0.660. The Kier molecular flexibility index (Phi) is 3.89. The van der Waals surface area contributed by atoms with Crippen LogP contribution in [0.1, 0.15) is 17.0 Å². The molecule has 1 rings (SSSR count). The highest BCUT2D eigenvalue weighted by molar-refractivity contribution is 5.94. The summed E-state index contributed by atoms with van der Waals surface area (Å²) in [5, 5.41) is 8.35. The number of furan rings is 1. The first-order chi connectivity index (χ1) is 6.74. The minimum absolute atomic E-state index is 0.0598. The number of hydrogen-bond donors (Lipinski definition) is 0. The van der Waals surface area contributed by atoms with Gasteiger partial charge in [0.15, 0.2) is 5.76 Å². The zero-order chi connectivity index (χ0) is 10.4. The van der Waals surface area contributed by atoms with E-state index in [4.69, 9.17) is 9.68 Å². The maximum atomic E-state index is 11.5. The molecule has 0 aliphatic carbocycles. The van der Waals surface area contributed by atoms with Gasteiger partial charge in [-0.1, -0.05) is 0 Å². The summed E-state index contributed by atoms with van der Waals surface area (Å²) in [6.45, 7) is 0.887. The number of rotatable bonds is 5. The molecule has 4 heteroatoms. The normalized spacial score (nSPS) is 10.1. The van der Waals surface area contributed by atoms with Crippen molar-refractivity contribution in [1.82, 2.24) is 4.90 Å². The van der Waals surface area contributed by atoms with E-state index in [2.05, 4.69) is 0 Å². The maximum absolute atomic E-state index is 11.5. The molecule has 0 fully saturated rings. The SMILES string of the molecule is CN(CCC#N)CC(=O)c1ccco1. The monoisotopic (exact) mass is 192 g/mol. The standard InChI is InChI=1S/C10H12N2O2/c1-12(6-3-5-11)8-9(13)10-4-2-7-14-10/h2,4,7H,3,6,8H2,1H3. The lowest BCUT2D eigenvalue weighted by Crippen LogP contribution is -2.26. The fraction of sp³-hybridized carbons (Fsp3) is 0.400. The van der Waals surface area contributed by atoms with Crippen LogP contribution in [0.25, 0.3) is 0 Å². The number of nitriles is 1. The van der Waals surface area contributed by atoms with E-state index < -0.39 is 0 Å². The highest BCUT2D eigenvalue weighted by atomic mass is 16.3. The second-order valence-corrected chi connectivity index (χ2v) is 3.05. The predicted octanol–water partition coefficient (Wildman–Crippen LogP) is 1.31. The van der Waals surface area contributed by atoms with Crippen molar-refractivity contribution in [2.75, 3.05) is 20.1 Å². The van der Waals surface area contributed by atoms with Crippen LogP contribution in [0.4, 0.5) is 0 Å². The molecule has 74 valence electrons. The molecule has 0 aliphatic rings. The van der Waals surface area contributed by atoms with Gasteiger partial charge in [-0.2, -0.15) is 5.26 Å². The fourth-order valence-electron chi connectivity index (χ4n) is 1.08. The van der Waals surface area contributed by atoms with Crippen LogP contribution in [0.2, 0.25) is 0 Å². The average Bonchev–Trinajstić information content (AvgIpc) is 2.67. The first-order valence-electron chi connectivity index (χ1n) is 4.36. The van der Waals surface area contributed by atoms with Gasteiger partial charge in [0.2, 0.25) is 5.78 Å². The Bertz CT molecular complexity index is 324. The van der Waals surface area contributed by atoms with E-state index in [9.17, 15) is 4.79 Å². The lowest BCUT2D eigenvalue weighted by Gasteiger charge is -2.12. The van der Waals surface area contributed by atoms with Crippen LogP contribution in [0.5, 0.6) is 0 Å². The third-order valence-corrected chi connectivity index (χ3v) is 1.81. The number of Topliss-reactive ketones (excluding diaryl/α,β-unsaturated/α-hetero) is 1. The topological polar surface area (TPSA) is 57.2 Å². The van der Waals surface area contributed by atoms with Crippen LogP contribution in [0.3, 0.4) is 0 Å². The number of carbonyl (C=O) groups is 1. The summed E-state index contributed by atoms with van der Waals surface area (Å²) in [5.41, 5.74) is 0. The molecule has 0 spiro atoms. The molecule has 0 N–H and O–H groups in total. The molecule has 4 nitrogen and oxygen atoms in total. The number of carbonyl (C=O) groups excluding carboxylic acids is 1. The predicted molar refractivity (Wildman–Crippen MR) is 50.8 cm³/mol. The molecular formula is C10H12N2O2. The number of hydrogen-bond acceptors (Lipinski definition) is 4. The molecule has 0 aliphatic heterocycles. The number of nitrogens with zero attached hydrogens (tertiary/aromatic N) is 2.